The molecule has 2 aliphatic rings. The normalized spacial score (nSPS) is 17.9. The van der Waals surface area contributed by atoms with Gasteiger partial charge in [-0.15, -0.1) is 0 Å². The van der Waals surface area contributed by atoms with E-state index in [0.717, 1.165) is 11.1 Å². The number of piperazine rings is 1. The third-order valence-corrected chi connectivity index (χ3v) is 11.7. The van der Waals surface area contributed by atoms with Crippen molar-refractivity contribution < 1.29 is 27.3 Å². The lowest BCUT2D eigenvalue weighted by atomic mass is 9.93. The minimum atomic E-state index is -4.02. The Morgan fingerprint density at radius 3 is 2.02 bits per heavy atom. The van der Waals surface area contributed by atoms with Gasteiger partial charge in [-0.3, -0.25) is 14.7 Å². The number of aliphatic imine (C=N–C) groups is 1. The van der Waals surface area contributed by atoms with Crippen molar-refractivity contribution in [3.8, 4) is 5.75 Å². The van der Waals surface area contributed by atoms with Crippen LogP contribution in [0.15, 0.2) is 75.1 Å². The second-order valence-corrected chi connectivity index (χ2v) is 17.0. The van der Waals surface area contributed by atoms with Crippen LogP contribution in [0.25, 0.3) is 0 Å². The van der Waals surface area contributed by atoms with Gasteiger partial charge in [0.15, 0.2) is 0 Å². The molecular weight excluding hydrogens is 751 g/mol. The van der Waals surface area contributed by atoms with E-state index in [4.69, 9.17) is 37.5 Å². The van der Waals surface area contributed by atoms with Gasteiger partial charge < -0.3 is 19.1 Å². The minimum Gasteiger partial charge on any atom is -0.493 e. The van der Waals surface area contributed by atoms with Gasteiger partial charge in [-0.05, 0) is 102 Å². The van der Waals surface area contributed by atoms with Crippen molar-refractivity contribution in [2.75, 3.05) is 32.8 Å². The molecule has 0 unspecified atom stereocenters. The molecule has 15 heteroatoms. The number of rotatable bonds is 8. The second kappa shape index (κ2) is 15.4. The maximum atomic E-state index is 15.1. The molecule has 1 fully saturated rings. The van der Waals surface area contributed by atoms with Crippen molar-refractivity contribution in [1.29, 1.82) is 0 Å². The number of ether oxygens (including phenoxy) is 1. The highest BCUT2D eigenvalue weighted by Gasteiger charge is 2.45. The Balaban J connectivity index is 1.48. The van der Waals surface area contributed by atoms with Gasteiger partial charge in [-0.25, -0.2) is 17.9 Å². The third-order valence-electron chi connectivity index (χ3n) is 9.33. The van der Waals surface area contributed by atoms with E-state index in [-0.39, 0.29) is 55.5 Å². The number of aromatic nitrogens is 1. The highest BCUT2D eigenvalue weighted by molar-refractivity contribution is 7.89. The topological polar surface area (TPSA) is 138 Å². The molecule has 0 radical (unpaired) electrons. The summed E-state index contributed by atoms with van der Waals surface area (Å²) >= 11 is 12.7. The number of amidine groups is 1. The first-order valence-corrected chi connectivity index (χ1v) is 19.9. The van der Waals surface area contributed by atoms with Gasteiger partial charge in [0.1, 0.15) is 29.0 Å². The number of aryl methyl sites for hydroxylation is 3. The van der Waals surface area contributed by atoms with Gasteiger partial charge in [0, 0.05) is 41.8 Å². The van der Waals surface area contributed by atoms with E-state index < -0.39 is 27.6 Å². The summed E-state index contributed by atoms with van der Waals surface area (Å²) < 4.78 is 41.9. The summed E-state index contributed by atoms with van der Waals surface area (Å²) in [5.74, 6) is 0.852. The molecule has 0 aliphatic carbocycles. The number of amides is 3. The summed E-state index contributed by atoms with van der Waals surface area (Å²) in [6, 6.07) is 16.0. The van der Waals surface area contributed by atoms with Crippen LogP contribution < -0.4 is 9.46 Å². The molecule has 3 heterocycles. The van der Waals surface area contributed by atoms with Crippen molar-refractivity contribution in [1.82, 2.24) is 24.6 Å². The van der Waals surface area contributed by atoms with E-state index in [2.05, 4.69) is 9.88 Å². The third kappa shape index (κ3) is 8.00. The van der Waals surface area contributed by atoms with Crippen LogP contribution in [-0.2, 0) is 10.0 Å². The van der Waals surface area contributed by atoms with Crippen molar-refractivity contribution in [2.24, 2.45) is 4.99 Å². The second-order valence-electron chi connectivity index (χ2n) is 14.5. The van der Waals surface area contributed by atoms with Crippen LogP contribution in [0.3, 0.4) is 0 Å². The number of sulfonamides is 1. The average molecular weight is 796 g/mol. The molecule has 2 aliphatic heterocycles. The fraction of sp³-hybridized carbons (Fsp3) is 0.385. The fourth-order valence-electron chi connectivity index (χ4n) is 6.91. The molecule has 54 heavy (non-hydrogen) atoms. The van der Waals surface area contributed by atoms with Crippen molar-refractivity contribution in [3.05, 3.63) is 110 Å². The van der Waals surface area contributed by atoms with E-state index in [1.807, 2.05) is 31.2 Å². The highest BCUT2D eigenvalue weighted by Crippen LogP contribution is 2.46. The zero-order valence-corrected chi connectivity index (χ0v) is 33.6. The maximum absolute atomic E-state index is 15.1. The molecule has 2 atom stereocenters. The van der Waals surface area contributed by atoms with Gasteiger partial charge in [0.25, 0.3) is 5.91 Å². The van der Waals surface area contributed by atoms with Crippen LogP contribution >= 0.6 is 23.2 Å². The van der Waals surface area contributed by atoms with Crippen molar-refractivity contribution in [3.63, 3.8) is 0 Å². The van der Waals surface area contributed by atoms with Gasteiger partial charge in [0.05, 0.1) is 28.8 Å². The summed E-state index contributed by atoms with van der Waals surface area (Å²) in [5.41, 5.74) is 2.53. The Labute approximate surface area is 326 Å². The van der Waals surface area contributed by atoms with Gasteiger partial charge in [0.2, 0.25) is 10.0 Å². The Kier molecular flexibility index (Phi) is 11.2. The molecule has 3 amide bonds. The van der Waals surface area contributed by atoms with Crippen LogP contribution in [-0.4, -0.2) is 84.4 Å². The maximum Gasteiger partial charge on any atom is 0.326 e. The number of benzene rings is 3. The van der Waals surface area contributed by atoms with Crippen LogP contribution in [0.2, 0.25) is 10.0 Å². The molecule has 1 saturated heterocycles. The van der Waals surface area contributed by atoms with Gasteiger partial charge >= 0.3 is 6.03 Å². The lowest BCUT2D eigenvalue weighted by Gasteiger charge is -2.39. The summed E-state index contributed by atoms with van der Waals surface area (Å²) in [4.78, 5) is 38.9. The molecule has 6 rings (SSSR count). The van der Waals surface area contributed by atoms with Crippen LogP contribution in [0.1, 0.15) is 83.8 Å². The summed E-state index contributed by atoms with van der Waals surface area (Å²) in [6.07, 6.45) is 0. The molecule has 0 bridgehead atoms. The Hall–Kier alpha value is -4.43. The summed E-state index contributed by atoms with van der Waals surface area (Å²) in [7, 11) is -4.02. The van der Waals surface area contributed by atoms with Gasteiger partial charge in [-0.1, -0.05) is 52.6 Å². The number of nitrogens with zero attached hydrogens (tertiary/aromatic N) is 5. The molecule has 0 saturated carbocycles. The van der Waals surface area contributed by atoms with E-state index in [1.54, 1.807) is 86.6 Å². The minimum absolute atomic E-state index is 0.0374. The number of urea groups is 1. The van der Waals surface area contributed by atoms with E-state index >= 15 is 4.79 Å². The molecule has 1 N–H and O–H groups in total. The fourth-order valence-corrected chi connectivity index (χ4v) is 8.84. The summed E-state index contributed by atoms with van der Waals surface area (Å²) in [6.45, 7) is 13.6. The van der Waals surface area contributed by atoms with E-state index in [9.17, 15) is 13.2 Å². The molecular formula is C39H44Cl2N6O6S. The van der Waals surface area contributed by atoms with Crippen LogP contribution in [0.5, 0.6) is 5.75 Å². The number of carbonyl (C=O) groups excluding carboxylic acids is 2. The number of carbonyl (C=O) groups is 2. The Bertz CT molecular complexity index is 2170. The number of hydrogen-bond donors (Lipinski definition) is 1. The first-order chi connectivity index (χ1) is 25.5. The number of hydrogen-bond acceptors (Lipinski definition) is 8. The van der Waals surface area contributed by atoms with Crippen LogP contribution in [0, 0.1) is 20.8 Å². The first kappa shape index (κ1) is 39.3. The first-order valence-electron chi connectivity index (χ1n) is 17.7. The predicted molar refractivity (Wildman–Crippen MR) is 208 cm³/mol. The zero-order chi connectivity index (χ0) is 39.1. The number of halogens is 2. The molecule has 286 valence electrons. The van der Waals surface area contributed by atoms with Crippen molar-refractivity contribution >= 4 is 51.0 Å². The lowest BCUT2D eigenvalue weighted by molar-refractivity contribution is 0.0644. The standard InChI is InChI=1S/C39H44Cl2N6O6S/c1-8-52-31-21-23(2)32(54(50,51)44-39(5,6)7)22-30(31)36-42-34(26-9-13-28(40)14-10-26)35(27-11-15-29(41)16-12-27)47(36)38(49)46-19-17-45(18-20-46)37(48)33-24(3)43-53-25(33)4/h9-16,21-22,34-35,44H,8,17-20H2,1-7H3/t34-,35+/m0/s1. The van der Waals surface area contributed by atoms with E-state index in [0.29, 0.717) is 43.9 Å². The largest absolute Gasteiger partial charge is 0.493 e. The number of nitrogens with one attached hydrogen (secondary N) is 1. The lowest BCUT2D eigenvalue weighted by Crippen LogP contribution is -2.55. The predicted octanol–water partition coefficient (Wildman–Crippen LogP) is 7.50. The van der Waals surface area contributed by atoms with Crippen molar-refractivity contribution in [2.45, 2.75) is 71.0 Å². The highest BCUT2D eigenvalue weighted by atomic mass is 35.5. The zero-order valence-electron chi connectivity index (χ0n) is 31.3. The SMILES string of the molecule is CCOc1cc(C)c(S(=O)(=O)NC(C)(C)C)cc1C1=N[C@@H](c2ccc(Cl)cc2)[C@@H](c2ccc(Cl)cc2)N1C(=O)N1CCN(C(=O)c2c(C)noc2C)CC1. The molecule has 3 aromatic carbocycles. The van der Waals surface area contributed by atoms with Gasteiger partial charge in [-0.2, -0.15) is 0 Å². The monoisotopic (exact) mass is 794 g/mol. The molecule has 12 nitrogen and oxygen atoms in total. The quantitative estimate of drug-likeness (QED) is 0.195. The van der Waals surface area contributed by atoms with Crippen LogP contribution in [0.4, 0.5) is 4.79 Å². The Morgan fingerprint density at radius 2 is 1.48 bits per heavy atom. The summed E-state index contributed by atoms with van der Waals surface area (Å²) in [5, 5.41) is 5.00. The van der Waals surface area contributed by atoms with E-state index in [1.165, 1.54) is 6.07 Å². The molecule has 1 aromatic heterocycles. The average Bonchev–Trinajstić information content (AvgIpc) is 3.67. The molecule has 0 spiro atoms. The Morgan fingerprint density at radius 1 is 0.907 bits per heavy atom. The smallest absolute Gasteiger partial charge is 0.326 e. The molecule has 4 aromatic rings.